The van der Waals surface area contributed by atoms with E-state index in [1.165, 1.54) is 23.0 Å². The van der Waals surface area contributed by atoms with E-state index in [9.17, 15) is 9.90 Å². The van der Waals surface area contributed by atoms with Crippen LogP contribution in [0.3, 0.4) is 0 Å². The van der Waals surface area contributed by atoms with Crippen molar-refractivity contribution >= 4 is 33.6 Å². The molecule has 4 heterocycles. The summed E-state index contributed by atoms with van der Waals surface area (Å²) in [6.45, 7) is 3.36. The SMILES string of the molecule is COC(=O)C1CCN([C@H](c2cccs2)c2sc3nc(C)nn3c2O)CC1. The highest BCUT2D eigenvalue weighted by molar-refractivity contribution is 7.17. The van der Waals surface area contributed by atoms with Crippen molar-refractivity contribution in [1.29, 1.82) is 0 Å². The number of thiazole rings is 1. The molecule has 0 bridgehead atoms. The van der Waals surface area contributed by atoms with Gasteiger partial charge in [-0.2, -0.15) is 4.52 Å². The Morgan fingerprint density at radius 3 is 2.81 bits per heavy atom. The number of aryl methyl sites for hydroxylation is 1. The molecule has 138 valence electrons. The highest BCUT2D eigenvalue weighted by Crippen LogP contribution is 2.42. The Balaban J connectivity index is 1.66. The molecule has 0 aromatic carbocycles. The molecule has 1 saturated heterocycles. The molecule has 3 aromatic heterocycles. The average molecular weight is 393 g/mol. The quantitative estimate of drug-likeness (QED) is 0.688. The first-order valence-corrected chi connectivity index (χ1v) is 10.2. The van der Waals surface area contributed by atoms with Gasteiger partial charge in [-0.15, -0.1) is 16.4 Å². The van der Waals surface area contributed by atoms with Crippen LogP contribution in [0.2, 0.25) is 0 Å². The number of aromatic hydroxyl groups is 1. The van der Waals surface area contributed by atoms with Gasteiger partial charge in [-0.3, -0.25) is 9.69 Å². The zero-order chi connectivity index (χ0) is 18.3. The predicted molar refractivity (Wildman–Crippen MR) is 99.7 cm³/mol. The van der Waals surface area contributed by atoms with Gasteiger partial charge in [0.1, 0.15) is 5.82 Å². The molecule has 26 heavy (non-hydrogen) atoms. The maximum Gasteiger partial charge on any atom is 0.308 e. The Morgan fingerprint density at radius 2 is 2.19 bits per heavy atom. The standard InChI is InChI=1S/C17H20N4O3S2/c1-10-18-17-21(19-10)15(22)14(26-17)13(12-4-3-9-25-12)20-7-5-11(6-8-20)16(23)24-2/h3-4,9,11,13,22H,5-8H2,1-2H3/t13-/m1/s1. The van der Waals surface area contributed by atoms with Crippen molar-refractivity contribution in [1.82, 2.24) is 19.5 Å². The third-order valence-electron chi connectivity index (χ3n) is 4.80. The summed E-state index contributed by atoms with van der Waals surface area (Å²) in [5, 5.41) is 17.1. The van der Waals surface area contributed by atoms with Crippen LogP contribution in [0.1, 0.15) is 34.5 Å². The minimum atomic E-state index is -0.130. The van der Waals surface area contributed by atoms with E-state index in [0.29, 0.717) is 10.8 Å². The number of thiophene rings is 1. The van der Waals surface area contributed by atoms with E-state index in [4.69, 9.17) is 4.74 Å². The predicted octanol–water partition coefficient (Wildman–Crippen LogP) is 2.84. The van der Waals surface area contributed by atoms with Crippen molar-refractivity contribution in [3.63, 3.8) is 0 Å². The number of likely N-dealkylation sites (tertiary alicyclic amines) is 1. The third-order valence-corrected chi connectivity index (χ3v) is 6.79. The van der Waals surface area contributed by atoms with Crippen LogP contribution in [-0.4, -0.2) is 50.8 Å². The van der Waals surface area contributed by atoms with Gasteiger partial charge >= 0.3 is 5.97 Å². The Labute approximate surface area is 158 Å². The number of fused-ring (bicyclic) bond motifs is 1. The number of methoxy groups -OCH3 is 1. The van der Waals surface area contributed by atoms with Crippen LogP contribution in [0.5, 0.6) is 5.88 Å². The summed E-state index contributed by atoms with van der Waals surface area (Å²) in [6.07, 6.45) is 1.52. The van der Waals surface area contributed by atoms with Gasteiger partial charge in [0, 0.05) is 4.88 Å². The number of rotatable bonds is 4. The van der Waals surface area contributed by atoms with Crippen molar-refractivity contribution in [3.05, 3.63) is 33.1 Å². The molecule has 1 fully saturated rings. The van der Waals surface area contributed by atoms with Gasteiger partial charge in [0.2, 0.25) is 10.8 Å². The van der Waals surface area contributed by atoms with Crippen LogP contribution in [0.4, 0.5) is 0 Å². The number of hydrogen-bond donors (Lipinski definition) is 1. The lowest BCUT2D eigenvalue weighted by molar-refractivity contribution is -0.147. The minimum absolute atomic E-state index is 0.0428. The fourth-order valence-corrected chi connectivity index (χ4v) is 5.60. The molecule has 0 amide bonds. The topological polar surface area (TPSA) is 80.0 Å². The smallest absolute Gasteiger partial charge is 0.308 e. The molecule has 0 radical (unpaired) electrons. The Bertz CT molecular complexity index is 910. The second-order valence-corrected chi connectivity index (χ2v) is 8.38. The molecule has 4 rings (SSSR count). The number of piperidine rings is 1. The summed E-state index contributed by atoms with van der Waals surface area (Å²) in [5.74, 6) is 0.622. The van der Waals surface area contributed by atoms with Gasteiger partial charge < -0.3 is 9.84 Å². The third kappa shape index (κ3) is 3.00. The lowest BCUT2D eigenvalue weighted by atomic mass is 9.95. The van der Waals surface area contributed by atoms with Gasteiger partial charge in [0.05, 0.1) is 23.9 Å². The number of hydrogen-bond acceptors (Lipinski definition) is 8. The molecule has 7 nitrogen and oxygen atoms in total. The molecular formula is C17H20N4O3S2. The maximum absolute atomic E-state index is 11.8. The first-order valence-electron chi connectivity index (χ1n) is 8.48. The highest BCUT2D eigenvalue weighted by Gasteiger charge is 2.34. The summed E-state index contributed by atoms with van der Waals surface area (Å²) in [7, 11) is 1.44. The molecule has 1 N–H and O–H groups in total. The van der Waals surface area contributed by atoms with Gasteiger partial charge in [-0.05, 0) is 44.3 Å². The number of esters is 1. The molecule has 0 spiro atoms. The summed E-state index contributed by atoms with van der Waals surface area (Å²) in [6, 6.07) is 4.05. The Morgan fingerprint density at radius 1 is 1.42 bits per heavy atom. The molecule has 3 aromatic rings. The normalized spacial score (nSPS) is 17.6. The van der Waals surface area contributed by atoms with Gasteiger partial charge in [-0.25, -0.2) is 4.98 Å². The van der Waals surface area contributed by atoms with Gasteiger partial charge in [0.25, 0.3) is 0 Å². The molecule has 9 heteroatoms. The number of aromatic nitrogens is 3. The van der Waals surface area contributed by atoms with Gasteiger partial charge in [-0.1, -0.05) is 17.4 Å². The van der Waals surface area contributed by atoms with E-state index in [0.717, 1.165) is 35.7 Å². The van der Waals surface area contributed by atoms with Crippen molar-refractivity contribution in [2.75, 3.05) is 20.2 Å². The largest absolute Gasteiger partial charge is 0.492 e. The van der Waals surface area contributed by atoms with E-state index >= 15 is 0 Å². The van der Waals surface area contributed by atoms with Gasteiger partial charge in [0.15, 0.2) is 0 Å². The molecule has 0 unspecified atom stereocenters. The van der Waals surface area contributed by atoms with Crippen molar-refractivity contribution in [3.8, 4) is 5.88 Å². The highest BCUT2D eigenvalue weighted by atomic mass is 32.1. The zero-order valence-corrected chi connectivity index (χ0v) is 16.2. The van der Waals surface area contributed by atoms with Crippen LogP contribution in [-0.2, 0) is 9.53 Å². The van der Waals surface area contributed by atoms with Crippen molar-refractivity contribution in [2.45, 2.75) is 25.8 Å². The Hall–Kier alpha value is -1.97. The monoisotopic (exact) mass is 392 g/mol. The minimum Gasteiger partial charge on any atom is -0.492 e. The molecule has 1 aliphatic rings. The first-order chi connectivity index (χ1) is 12.6. The number of ether oxygens (including phenoxy) is 1. The van der Waals surface area contributed by atoms with E-state index < -0.39 is 0 Å². The van der Waals surface area contributed by atoms with E-state index in [1.807, 2.05) is 18.4 Å². The second-order valence-electron chi connectivity index (χ2n) is 6.39. The number of carbonyl (C=O) groups is 1. The van der Waals surface area contributed by atoms with E-state index in [-0.39, 0.29) is 23.8 Å². The maximum atomic E-state index is 11.8. The first kappa shape index (κ1) is 17.4. The fourth-order valence-electron chi connectivity index (χ4n) is 3.51. The van der Waals surface area contributed by atoms with Crippen LogP contribution >= 0.6 is 22.7 Å². The van der Waals surface area contributed by atoms with Crippen LogP contribution < -0.4 is 0 Å². The lowest BCUT2D eigenvalue weighted by Crippen LogP contribution is -2.39. The number of carbonyl (C=O) groups excluding carboxylic acids is 1. The summed E-state index contributed by atoms with van der Waals surface area (Å²) < 4.78 is 6.40. The molecular weight excluding hydrogens is 372 g/mol. The number of nitrogens with zero attached hydrogens (tertiary/aromatic N) is 4. The van der Waals surface area contributed by atoms with Crippen LogP contribution in [0.15, 0.2) is 17.5 Å². The zero-order valence-electron chi connectivity index (χ0n) is 14.6. The lowest BCUT2D eigenvalue weighted by Gasteiger charge is -2.35. The van der Waals surface area contributed by atoms with E-state index in [2.05, 4.69) is 21.0 Å². The Kier molecular flexibility index (Phi) is 4.68. The van der Waals surface area contributed by atoms with Crippen LogP contribution in [0.25, 0.3) is 4.96 Å². The fraction of sp³-hybridized carbons (Fsp3) is 0.471. The average Bonchev–Trinajstić information content (AvgIpc) is 3.35. The molecule has 0 aliphatic carbocycles. The second kappa shape index (κ2) is 6.98. The molecule has 1 atom stereocenters. The van der Waals surface area contributed by atoms with Crippen molar-refractivity contribution in [2.24, 2.45) is 5.92 Å². The molecule has 0 saturated carbocycles. The van der Waals surface area contributed by atoms with E-state index in [1.54, 1.807) is 11.3 Å². The molecule has 1 aliphatic heterocycles. The summed E-state index contributed by atoms with van der Waals surface area (Å²) in [4.78, 5) is 21.2. The summed E-state index contributed by atoms with van der Waals surface area (Å²) in [5.41, 5.74) is 0. The van der Waals surface area contributed by atoms with Crippen molar-refractivity contribution < 1.29 is 14.6 Å². The summed E-state index contributed by atoms with van der Waals surface area (Å²) >= 11 is 3.14. The van der Waals surface area contributed by atoms with Crippen LogP contribution in [0, 0.1) is 12.8 Å².